The third-order valence-corrected chi connectivity index (χ3v) is 6.08. The number of carbonyl (C=O) groups is 1. The number of halogens is 4. The van der Waals surface area contributed by atoms with Crippen LogP contribution in [0.5, 0.6) is 0 Å². The van der Waals surface area contributed by atoms with Gasteiger partial charge in [-0.1, -0.05) is 12.1 Å². The first-order chi connectivity index (χ1) is 14.1. The van der Waals surface area contributed by atoms with E-state index < -0.39 is 23.5 Å². The summed E-state index contributed by atoms with van der Waals surface area (Å²) in [5.41, 5.74) is -0.207. The van der Waals surface area contributed by atoms with Crippen molar-refractivity contribution in [1.82, 2.24) is 14.5 Å². The van der Waals surface area contributed by atoms with Crippen LogP contribution >= 0.6 is 11.3 Å². The molecule has 0 saturated carbocycles. The van der Waals surface area contributed by atoms with Crippen LogP contribution < -0.4 is 5.56 Å². The fourth-order valence-electron chi connectivity index (χ4n) is 3.63. The van der Waals surface area contributed by atoms with E-state index in [-0.39, 0.29) is 36.4 Å². The molecule has 1 amide bonds. The standard InChI is InChI=1S/C20H17F4N3O2S/c1-11-6-12(2-3-15(11)20(22,23)24)14-9-30-18-17(14)19(29)27(10-25-18)8-16(28)26-5-4-13(21)7-26/h2-3,6,9-10,13H,4-5,7-8H2,1H3. The number of benzene rings is 1. The summed E-state index contributed by atoms with van der Waals surface area (Å²) in [5.74, 6) is -0.374. The number of amides is 1. The molecule has 0 bridgehead atoms. The van der Waals surface area contributed by atoms with Crippen molar-refractivity contribution in [1.29, 1.82) is 0 Å². The Morgan fingerprint density at radius 1 is 1.33 bits per heavy atom. The molecule has 5 nitrogen and oxygen atoms in total. The Hall–Kier alpha value is -2.75. The van der Waals surface area contributed by atoms with E-state index in [1.807, 2.05) is 0 Å². The summed E-state index contributed by atoms with van der Waals surface area (Å²) in [5, 5.41) is 1.92. The predicted molar refractivity (Wildman–Crippen MR) is 105 cm³/mol. The largest absolute Gasteiger partial charge is 0.416 e. The molecule has 158 valence electrons. The maximum atomic E-state index is 13.4. The number of likely N-dealkylation sites (tertiary alicyclic amines) is 1. The van der Waals surface area contributed by atoms with Gasteiger partial charge < -0.3 is 4.90 Å². The minimum Gasteiger partial charge on any atom is -0.338 e. The smallest absolute Gasteiger partial charge is 0.338 e. The van der Waals surface area contributed by atoms with Gasteiger partial charge in [0, 0.05) is 17.5 Å². The van der Waals surface area contributed by atoms with Gasteiger partial charge in [-0.25, -0.2) is 9.37 Å². The summed E-state index contributed by atoms with van der Waals surface area (Å²) >= 11 is 1.20. The molecule has 1 aliphatic heterocycles. The SMILES string of the molecule is Cc1cc(-c2csc3ncn(CC(=O)N4CCC(F)C4)c(=O)c23)ccc1C(F)(F)F. The van der Waals surface area contributed by atoms with Crippen LogP contribution in [0.25, 0.3) is 21.3 Å². The van der Waals surface area contributed by atoms with E-state index in [0.29, 0.717) is 22.5 Å². The Morgan fingerprint density at radius 3 is 2.73 bits per heavy atom. The van der Waals surface area contributed by atoms with Crippen molar-refractivity contribution in [3.63, 3.8) is 0 Å². The lowest BCUT2D eigenvalue weighted by molar-refractivity contribution is -0.138. The van der Waals surface area contributed by atoms with Gasteiger partial charge in [-0.2, -0.15) is 13.2 Å². The fraction of sp³-hybridized carbons (Fsp3) is 0.350. The van der Waals surface area contributed by atoms with Gasteiger partial charge >= 0.3 is 6.18 Å². The molecule has 3 aromatic rings. The summed E-state index contributed by atoms with van der Waals surface area (Å²) in [6.45, 7) is 1.41. The first kappa shape index (κ1) is 20.5. The highest BCUT2D eigenvalue weighted by Crippen LogP contribution is 2.36. The lowest BCUT2D eigenvalue weighted by atomic mass is 10.00. The summed E-state index contributed by atoms with van der Waals surface area (Å²) in [6.07, 6.45) is -3.97. The Bertz CT molecular complexity index is 1180. The van der Waals surface area contributed by atoms with Crippen molar-refractivity contribution < 1.29 is 22.4 Å². The Labute approximate surface area is 172 Å². The molecule has 10 heteroatoms. The van der Waals surface area contributed by atoms with Crippen molar-refractivity contribution in [3.05, 3.63) is 51.4 Å². The molecule has 1 saturated heterocycles. The van der Waals surface area contributed by atoms with Crippen molar-refractivity contribution >= 4 is 27.5 Å². The summed E-state index contributed by atoms with van der Waals surface area (Å²) in [4.78, 5) is 31.4. The van der Waals surface area contributed by atoms with Crippen LogP contribution in [0.3, 0.4) is 0 Å². The predicted octanol–water partition coefficient (Wildman–Crippen LogP) is 4.02. The minimum absolute atomic E-state index is 0.0117. The molecular formula is C20H17F4N3O2S. The average Bonchev–Trinajstić information content (AvgIpc) is 3.29. The number of carbonyl (C=O) groups excluding carboxylic acids is 1. The highest BCUT2D eigenvalue weighted by Gasteiger charge is 2.32. The van der Waals surface area contributed by atoms with E-state index in [9.17, 15) is 27.2 Å². The van der Waals surface area contributed by atoms with E-state index in [2.05, 4.69) is 4.98 Å². The first-order valence-electron chi connectivity index (χ1n) is 9.22. The lowest BCUT2D eigenvalue weighted by Gasteiger charge is -2.16. The number of aromatic nitrogens is 2. The van der Waals surface area contributed by atoms with Crippen molar-refractivity contribution in [2.24, 2.45) is 0 Å². The van der Waals surface area contributed by atoms with Crippen molar-refractivity contribution in [2.75, 3.05) is 13.1 Å². The lowest BCUT2D eigenvalue weighted by Crippen LogP contribution is -2.35. The Balaban J connectivity index is 1.71. The number of hydrogen-bond acceptors (Lipinski definition) is 4. The van der Waals surface area contributed by atoms with Gasteiger partial charge in [-0.15, -0.1) is 11.3 Å². The zero-order chi connectivity index (χ0) is 21.6. The van der Waals surface area contributed by atoms with E-state index in [1.165, 1.54) is 41.6 Å². The summed E-state index contributed by atoms with van der Waals surface area (Å²) in [6, 6.07) is 3.70. The zero-order valence-electron chi connectivity index (χ0n) is 15.9. The molecule has 1 unspecified atom stereocenters. The highest BCUT2D eigenvalue weighted by molar-refractivity contribution is 7.17. The molecule has 2 aromatic heterocycles. The number of aryl methyl sites for hydroxylation is 1. The van der Waals surface area contributed by atoms with Crippen molar-refractivity contribution in [2.45, 2.75) is 32.2 Å². The second-order valence-electron chi connectivity index (χ2n) is 7.26. The molecule has 4 rings (SSSR count). The molecule has 0 aliphatic carbocycles. The number of thiophene rings is 1. The molecule has 1 fully saturated rings. The number of rotatable bonds is 3. The van der Waals surface area contributed by atoms with Crippen LogP contribution in [0.2, 0.25) is 0 Å². The number of alkyl halides is 4. The van der Waals surface area contributed by atoms with Crippen LogP contribution in [0.1, 0.15) is 17.5 Å². The highest BCUT2D eigenvalue weighted by atomic mass is 32.1. The molecule has 3 heterocycles. The van der Waals surface area contributed by atoms with Gasteiger partial charge in [-0.3, -0.25) is 14.2 Å². The van der Waals surface area contributed by atoms with Crippen LogP contribution in [-0.4, -0.2) is 39.6 Å². The molecule has 1 aliphatic rings. The van der Waals surface area contributed by atoms with Gasteiger partial charge in [0.2, 0.25) is 5.91 Å². The number of hydrogen-bond donors (Lipinski definition) is 0. The van der Waals surface area contributed by atoms with E-state index in [0.717, 1.165) is 10.6 Å². The first-order valence-corrected chi connectivity index (χ1v) is 10.1. The van der Waals surface area contributed by atoms with Gasteiger partial charge in [0.25, 0.3) is 5.56 Å². The van der Waals surface area contributed by atoms with Crippen molar-refractivity contribution in [3.8, 4) is 11.1 Å². The molecule has 30 heavy (non-hydrogen) atoms. The summed E-state index contributed by atoms with van der Waals surface area (Å²) < 4.78 is 53.6. The second kappa shape index (κ2) is 7.50. The van der Waals surface area contributed by atoms with Crippen LogP contribution in [0.15, 0.2) is 34.7 Å². The van der Waals surface area contributed by atoms with E-state index in [4.69, 9.17) is 0 Å². The van der Waals surface area contributed by atoms with Crippen LogP contribution in [0.4, 0.5) is 17.6 Å². The van der Waals surface area contributed by atoms with Gasteiger partial charge in [0.05, 0.1) is 23.8 Å². The maximum Gasteiger partial charge on any atom is 0.416 e. The molecule has 1 aromatic carbocycles. The minimum atomic E-state index is -4.46. The van der Waals surface area contributed by atoms with Gasteiger partial charge in [-0.05, 0) is 30.5 Å². The quantitative estimate of drug-likeness (QED) is 0.580. The Morgan fingerprint density at radius 2 is 2.10 bits per heavy atom. The normalized spacial score (nSPS) is 17.1. The zero-order valence-corrected chi connectivity index (χ0v) is 16.7. The molecule has 0 spiro atoms. The fourth-order valence-corrected chi connectivity index (χ4v) is 4.54. The molecule has 1 atom stereocenters. The summed E-state index contributed by atoms with van der Waals surface area (Å²) in [7, 11) is 0. The van der Waals surface area contributed by atoms with E-state index in [1.54, 1.807) is 5.38 Å². The van der Waals surface area contributed by atoms with Crippen LogP contribution in [-0.2, 0) is 17.5 Å². The van der Waals surface area contributed by atoms with Gasteiger partial charge in [0.15, 0.2) is 0 Å². The average molecular weight is 439 g/mol. The Kier molecular flexibility index (Phi) is 5.13. The van der Waals surface area contributed by atoms with E-state index >= 15 is 0 Å². The van der Waals surface area contributed by atoms with Gasteiger partial charge in [0.1, 0.15) is 17.5 Å². The maximum absolute atomic E-state index is 13.4. The monoisotopic (exact) mass is 439 g/mol. The number of nitrogens with zero attached hydrogens (tertiary/aromatic N) is 3. The number of fused-ring (bicyclic) bond motifs is 1. The molecule has 0 radical (unpaired) electrons. The second-order valence-corrected chi connectivity index (χ2v) is 8.12. The molecule has 0 N–H and O–H groups in total. The topological polar surface area (TPSA) is 55.2 Å². The third-order valence-electron chi connectivity index (χ3n) is 5.19. The third kappa shape index (κ3) is 3.71. The van der Waals surface area contributed by atoms with Crippen LogP contribution in [0, 0.1) is 6.92 Å². The molecular weight excluding hydrogens is 422 g/mol.